The minimum Gasteiger partial charge on any atom is -0.264 e. The van der Waals surface area contributed by atoms with Crippen molar-refractivity contribution in [1.29, 1.82) is 0 Å². The molecule has 0 unspecified atom stereocenters. The van der Waals surface area contributed by atoms with E-state index >= 15 is 0 Å². The Morgan fingerprint density at radius 1 is 1.50 bits per heavy atom. The van der Waals surface area contributed by atoms with Gasteiger partial charge in [-0.15, -0.1) is 11.6 Å². The summed E-state index contributed by atoms with van der Waals surface area (Å²) in [5, 5.41) is 0. The number of hydrogen-bond acceptors (Lipinski definition) is 1. The lowest BCUT2D eigenvalue weighted by Gasteiger charge is -2.07. The van der Waals surface area contributed by atoms with Gasteiger partial charge in [-0.05, 0) is 18.1 Å². The zero-order valence-corrected chi connectivity index (χ0v) is 7.28. The van der Waals surface area contributed by atoms with Crippen LogP contribution < -0.4 is 0 Å². The van der Waals surface area contributed by atoms with E-state index in [0.29, 0.717) is 11.1 Å². The molecule has 1 rings (SSSR count). The first-order valence-electron chi connectivity index (χ1n) is 3.44. The summed E-state index contributed by atoms with van der Waals surface area (Å²) in [6.45, 7) is 1.72. The van der Waals surface area contributed by atoms with Gasteiger partial charge >= 0.3 is 0 Å². The third-order valence-electron chi connectivity index (χ3n) is 1.68. The number of hydrogen-bond donors (Lipinski definition) is 0. The molecule has 0 N–H and O–H groups in total. The topological polar surface area (TPSA) is 12.9 Å². The number of rotatable bonds is 2. The Morgan fingerprint density at radius 3 is 2.58 bits per heavy atom. The van der Waals surface area contributed by atoms with E-state index in [9.17, 15) is 8.78 Å². The zero-order valence-electron chi connectivity index (χ0n) is 6.52. The SMILES string of the molecule is Cc1cncc(C(F)F)c1CCl. The summed E-state index contributed by atoms with van der Waals surface area (Å²) in [5.41, 5.74) is 1.13. The molecule has 4 heteroatoms. The monoisotopic (exact) mass is 191 g/mol. The van der Waals surface area contributed by atoms with Gasteiger partial charge in [0.25, 0.3) is 6.43 Å². The molecule has 0 saturated carbocycles. The molecule has 0 bridgehead atoms. The van der Waals surface area contributed by atoms with Gasteiger partial charge in [-0.2, -0.15) is 0 Å². The van der Waals surface area contributed by atoms with Crippen molar-refractivity contribution in [3.8, 4) is 0 Å². The van der Waals surface area contributed by atoms with Crippen LogP contribution in [0.2, 0.25) is 0 Å². The average Bonchev–Trinajstić information content (AvgIpc) is 2.03. The molecule has 1 aromatic heterocycles. The lowest BCUT2D eigenvalue weighted by molar-refractivity contribution is 0.150. The van der Waals surface area contributed by atoms with Crippen LogP contribution in [0.1, 0.15) is 23.1 Å². The molecule has 0 amide bonds. The summed E-state index contributed by atoms with van der Waals surface area (Å²) < 4.78 is 24.6. The van der Waals surface area contributed by atoms with E-state index in [-0.39, 0.29) is 11.4 Å². The number of aryl methyl sites for hydroxylation is 1. The molecule has 0 fully saturated rings. The predicted octanol–water partition coefficient (Wildman–Crippen LogP) is 3.07. The van der Waals surface area contributed by atoms with Gasteiger partial charge in [-0.25, -0.2) is 8.78 Å². The molecule has 0 aromatic carbocycles. The molecule has 0 spiro atoms. The van der Waals surface area contributed by atoms with Gasteiger partial charge in [-0.1, -0.05) is 0 Å². The van der Waals surface area contributed by atoms with Gasteiger partial charge in [-0.3, -0.25) is 4.98 Å². The van der Waals surface area contributed by atoms with Crippen molar-refractivity contribution < 1.29 is 8.78 Å². The van der Waals surface area contributed by atoms with Gasteiger partial charge in [0.2, 0.25) is 0 Å². The van der Waals surface area contributed by atoms with Crippen LogP contribution in [0.3, 0.4) is 0 Å². The summed E-state index contributed by atoms with van der Waals surface area (Å²) in [4.78, 5) is 3.68. The van der Waals surface area contributed by atoms with E-state index in [1.54, 1.807) is 6.92 Å². The second kappa shape index (κ2) is 3.81. The number of halogens is 3. The molecule has 12 heavy (non-hydrogen) atoms. The fourth-order valence-corrected chi connectivity index (χ4v) is 1.35. The summed E-state index contributed by atoms with van der Waals surface area (Å²) in [6, 6.07) is 0. The van der Waals surface area contributed by atoms with E-state index in [2.05, 4.69) is 4.98 Å². The first-order chi connectivity index (χ1) is 5.66. The lowest BCUT2D eigenvalue weighted by atomic mass is 10.1. The van der Waals surface area contributed by atoms with E-state index in [1.807, 2.05) is 0 Å². The molecule has 0 atom stereocenters. The molecule has 66 valence electrons. The molecular formula is C8H8ClF2N. The second-order valence-corrected chi connectivity index (χ2v) is 2.73. The third-order valence-corrected chi connectivity index (χ3v) is 1.94. The molecule has 0 radical (unpaired) electrons. The summed E-state index contributed by atoms with van der Waals surface area (Å²) in [6.07, 6.45) is 0.199. The zero-order chi connectivity index (χ0) is 9.14. The molecule has 1 heterocycles. The molecule has 0 aliphatic heterocycles. The highest BCUT2D eigenvalue weighted by Crippen LogP contribution is 2.25. The van der Waals surface area contributed by atoms with E-state index in [1.165, 1.54) is 6.20 Å². The van der Waals surface area contributed by atoms with Crippen LogP contribution in [0.15, 0.2) is 12.4 Å². The fourth-order valence-electron chi connectivity index (χ4n) is 0.983. The van der Waals surface area contributed by atoms with Gasteiger partial charge in [0, 0.05) is 23.8 Å². The van der Waals surface area contributed by atoms with Crippen molar-refractivity contribution in [2.75, 3.05) is 0 Å². The van der Waals surface area contributed by atoms with Crippen LogP contribution >= 0.6 is 11.6 Å². The minimum absolute atomic E-state index is 0.0648. The van der Waals surface area contributed by atoms with Gasteiger partial charge in [0.15, 0.2) is 0 Å². The summed E-state index contributed by atoms with van der Waals surface area (Å²) in [7, 11) is 0. The summed E-state index contributed by atoms with van der Waals surface area (Å²) in [5.74, 6) is 0.105. The van der Waals surface area contributed by atoms with Crippen molar-refractivity contribution in [2.24, 2.45) is 0 Å². The maximum absolute atomic E-state index is 12.3. The normalized spacial score (nSPS) is 10.8. The molecule has 0 aliphatic rings. The Hall–Kier alpha value is -0.700. The van der Waals surface area contributed by atoms with Crippen molar-refractivity contribution >= 4 is 11.6 Å². The first-order valence-corrected chi connectivity index (χ1v) is 3.97. The van der Waals surface area contributed by atoms with Crippen LogP contribution in [0.5, 0.6) is 0 Å². The Bertz CT molecular complexity index is 276. The Morgan fingerprint density at radius 2 is 2.17 bits per heavy atom. The van der Waals surface area contributed by atoms with Gasteiger partial charge in [0.05, 0.1) is 0 Å². The Labute approximate surface area is 74.4 Å². The maximum Gasteiger partial charge on any atom is 0.265 e. The lowest BCUT2D eigenvalue weighted by Crippen LogP contribution is -1.96. The number of pyridine rings is 1. The first kappa shape index (κ1) is 9.39. The van der Waals surface area contributed by atoms with Crippen molar-refractivity contribution in [2.45, 2.75) is 19.2 Å². The highest BCUT2D eigenvalue weighted by Gasteiger charge is 2.13. The quantitative estimate of drug-likeness (QED) is 0.655. The fraction of sp³-hybridized carbons (Fsp3) is 0.375. The van der Waals surface area contributed by atoms with E-state index in [0.717, 1.165) is 6.20 Å². The molecule has 1 aromatic rings. The summed E-state index contributed by atoms with van der Waals surface area (Å²) >= 11 is 5.52. The standard InChI is InChI=1S/C8H8ClF2N/c1-5-3-12-4-7(8(10)11)6(5)2-9/h3-4,8H,2H2,1H3. The van der Waals surface area contributed by atoms with Crippen LogP contribution in [-0.4, -0.2) is 4.98 Å². The maximum atomic E-state index is 12.3. The van der Waals surface area contributed by atoms with E-state index < -0.39 is 6.43 Å². The Kier molecular flexibility index (Phi) is 2.98. The van der Waals surface area contributed by atoms with Crippen LogP contribution in [0.25, 0.3) is 0 Å². The number of aromatic nitrogens is 1. The van der Waals surface area contributed by atoms with Crippen LogP contribution in [0.4, 0.5) is 8.78 Å². The minimum atomic E-state index is -2.49. The average molecular weight is 192 g/mol. The Balaban J connectivity index is 3.18. The van der Waals surface area contributed by atoms with Crippen molar-refractivity contribution in [3.05, 3.63) is 29.1 Å². The van der Waals surface area contributed by atoms with Gasteiger partial charge in [0.1, 0.15) is 0 Å². The third kappa shape index (κ3) is 1.72. The largest absolute Gasteiger partial charge is 0.265 e. The highest BCUT2D eigenvalue weighted by molar-refractivity contribution is 6.17. The van der Waals surface area contributed by atoms with Crippen molar-refractivity contribution in [1.82, 2.24) is 4.98 Å². The smallest absolute Gasteiger partial charge is 0.264 e. The number of alkyl halides is 3. The molecule has 0 aliphatic carbocycles. The van der Waals surface area contributed by atoms with Crippen LogP contribution in [0, 0.1) is 6.92 Å². The number of nitrogens with zero attached hydrogens (tertiary/aromatic N) is 1. The second-order valence-electron chi connectivity index (χ2n) is 2.46. The molecule has 1 nitrogen and oxygen atoms in total. The van der Waals surface area contributed by atoms with Crippen LogP contribution in [-0.2, 0) is 5.88 Å². The molecular weight excluding hydrogens is 184 g/mol. The van der Waals surface area contributed by atoms with E-state index in [4.69, 9.17) is 11.6 Å². The van der Waals surface area contributed by atoms with Crippen molar-refractivity contribution in [3.63, 3.8) is 0 Å². The van der Waals surface area contributed by atoms with Gasteiger partial charge < -0.3 is 0 Å². The molecule has 0 saturated heterocycles. The highest BCUT2D eigenvalue weighted by atomic mass is 35.5. The predicted molar refractivity (Wildman–Crippen MR) is 43.5 cm³/mol.